The molecule has 0 radical (unpaired) electrons. The Hall–Kier alpha value is -2.27. The van der Waals surface area contributed by atoms with Crippen molar-refractivity contribution < 1.29 is 9.47 Å². The molecule has 2 rings (SSSR count). The maximum atomic E-state index is 5.80. The summed E-state index contributed by atoms with van der Waals surface area (Å²) in [5.41, 5.74) is 5.80. The van der Waals surface area contributed by atoms with E-state index in [1.165, 1.54) is 10.8 Å². The van der Waals surface area contributed by atoms with Crippen molar-refractivity contribution in [3.8, 4) is 5.75 Å². The lowest BCUT2D eigenvalue weighted by Crippen LogP contribution is -2.40. The minimum Gasteiger partial charge on any atom is -0.494 e. The predicted octanol–water partition coefficient (Wildman–Crippen LogP) is 2.55. The molecule has 0 heterocycles. The number of ether oxygens (including phenoxy) is 2. The van der Waals surface area contributed by atoms with Crippen LogP contribution in [0.4, 0.5) is 0 Å². The fourth-order valence-corrected chi connectivity index (χ4v) is 2.30. The van der Waals surface area contributed by atoms with E-state index in [2.05, 4.69) is 34.6 Å². The number of nitrogens with two attached hydrogens (primary N) is 1. The van der Waals surface area contributed by atoms with E-state index in [1.807, 2.05) is 25.1 Å². The number of aliphatic imine (C=N–C) groups is 1. The number of methoxy groups -OCH3 is 1. The van der Waals surface area contributed by atoms with Gasteiger partial charge in [-0.3, -0.25) is 4.99 Å². The second-order valence-corrected chi connectivity index (χ2v) is 5.48. The third-order valence-electron chi connectivity index (χ3n) is 3.39. The SMILES string of the molecule is COCC(C)NC(N)=NCCCOc1ccc2ccccc2c1. The summed E-state index contributed by atoms with van der Waals surface area (Å²) in [5.74, 6) is 1.33. The van der Waals surface area contributed by atoms with Gasteiger partial charge in [-0.25, -0.2) is 0 Å². The number of nitrogens with one attached hydrogen (secondary N) is 1. The number of guanidine groups is 1. The highest BCUT2D eigenvalue weighted by molar-refractivity contribution is 5.83. The van der Waals surface area contributed by atoms with Crippen molar-refractivity contribution in [1.82, 2.24) is 5.32 Å². The Kier molecular flexibility index (Phi) is 6.69. The first-order valence-corrected chi connectivity index (χ1v) is 7.86. The van der Waals surface area contributed by atoms with Gasteiger partial charge in [-0.05, 0) is 29.8 Å². The second kappa shape index (κ2) is 9.00. The molecule has 0 aromatic heterocycles. The summed E-state index contributed by atoms with van der Waals surface area (Å²) >= 11 is 0. The average molecular weight is 315 g/mol. The van der Waals surface area contributed by atoms with Crippen LogP contribution in [0.5, 0.6) is 5.75 Å². The zero-order valence-electron chi connectivity index (χ0n) is 13.8. The molecule has 1 unspecified atom stereocenters. The largest absolute Gasteiger partial charge is 0.494 e. The standard InChI is InChI=1S/C18H25N3O2/c1-14(13-22-2)21-18(19)20-10-5-11-23-17-9-8-15-6-3-4-7-16(15)12-17/h3-4,6-9,12,14H,5,10-11,13H2,1-2H3,(H3,19,20,21). The van der Waals surface area contributed by atoms with E-state index in [-0.39, 0.29) is 6.04 Å². The summed E-state index contributed by atoms with van der Waals surface area (Å²) in [6, 6.07) is 14.5. The Bertz CT molecular complexity index is 643. The molecule has 1 atom stereocenters. The van der Waals surface area contributed by atoms with E-state index >= 15 is 0 Å². The van der Waals surface area contributed by atoms with Gasteiger partial charge in [0.1, 0.15) is 5.75 Å². The smallest absolute Gasteiger partial charge is 0.188 e. The first-order valence-electron chi connectivity index (χ1n) is 7.86. The van der Waals surface area contributed by atoms with E-state index in [0.717, 1.165) is 12.2 Å². The molecule has 124 valence electrons. The van der Waals surface area contributed by atoms with Gasteiger partial charge in [0.15, 0.2) is 5.96 Å². The molecule has 0 bridgehead atoms. The van der Waals surface area contributed by atoms with Gasteiger partial charge in [0.2, 0.25) is 0 Å². The summed E-state index contributed by atoms with van der Waals surface area (Å²) < 4.78 is 10.8. The van der Waals surface area contributed by atoms with Crippen molar-refractivity contribution in [3.05, 3.63) is 42.5 Å². The average Bonchev–Trinajstić information content (AvgIpc) is 2.54. The lowest BCUT2D eigenvalue weighted by Gasteiger charge is -2.13. The minimum atomic E-state index is 0.151. The summed E-state index contributed by atoms with van der Waals surface area (Å²) in [7, 11) is 1.66. The van der Waals surface area contributed by atoms with Crippen LogP contribution in [0.3, 0.4) is 0 Å². The monoisotopic (exact) mass is 315 g/mol. The number of hydrogen-bond donors (Lipinski definition) is 2. The summed E-state index contributed by atoms with van der Waals surface area (Å²) in [5, 5.41) is 5.47. The van der Waals surface area contributed by atoms with Crippen LogP contribution in [-0.2, 0) is 4.74 Å². The van der Waals surface area contributed by atoms with E-state index < -0.39 is 0 Å². The van der Waals surface area contributed by atoms with Gasteiger partial charge in [0.25, 0.3) is 0 Å². The molecular formula is C18H25N3O2. The Balaban J connectivity index is 1.72. The molecule has 23 heavy (non-hydrogen) atoms. The lowest BCUT2D eigenvalue weighted by molar-refractivity contribution is 0.179. The van der Waals surface area contributed by atoms with Crippen molar-refractivity contribution in [3.63, 3.8) is 0 Å². The summed E-state index contributed by atoms with van der Waals surface area (Å²) in [6.07, 6.45) is 0.813. The van der Waals surface area contributed by atoms with Gasteiger partial charge < -0.3 is 20.5 Å². The van der Waals surface area contributed by atoms with Crippen molar-refractivity contribution >= 4 is 16.7 Å². The van der Waals surface area contributed by atoms with E-state index in [9.17, 15) is 0 Å². The molecule has 0 aliphatic carbocycles. The molecule has 5 heteroatoms. The highest BCUT2D eigenvalue weighted by atomic mass is 16.5. The number of rotatable bonds is 8. The van der Waals surface area contributed by atoms with Crippen LogP contribution in [0.25, 0.3) is 10.8 Å². The van der Waals surface area contributed by atoms with E-state index in [1.54, 1.807) is 7.11 Å². The Morgan fingerprint density at radius 3 is 2.78 bits per heavy atom. The molecule has 0 saturated carbocycles. The number of benzene rings is 2. The second-order valence-electron chi connectivity index (χ2n) is 5.48. The van der Waals surface area contributed by atoms with Gasteiger partial charge in [-0.1, -0.05) is 30.3 Å². The number of fused-ring (bicyclic) bond motifs is 1. The Morgan fingerprint density at radius 1 is 1.22 bits per heavy atom. The van der Waals surface area contributed by atoms with E-state index in [4.69, 9.17) is 15.2 Å². The van der Waals surface area contributed by atoms with Gasteiger partial charge >= 0.3 is 0 Å². The fraction of sp³-hybridized carbons (Fsp3) is 0.389. The lowest BCUT2D eigenvalue weighted by atomic mass is 10.1. The maximum Gasteiger partial charge on any atom is 0.188 e. The van der Waals surface area contributed by atoms with Crippen molar-refractivity contribution in [1.29, 1.82) is 0 Å². The molecule has 0 amide bonds. The molecule has 2 aromatic carbocycles. The van der Waals surface area contributed by atoms with Crippen LogP contribution in [-0.4, -0.2) is 38.9 Å². The zero-order valence-corrected chi connectivity index (χ0v) is 13.8. The molecule has 3 N–H and O–H groups in total. The van der Waals surface area contributed by atoms with Crippen molar-refractivity contribution in [2.45, 2.75) is 19.4 Å². The molecule has 0 spiro atoms. The quantitative estimate of drug-likeness (QED) is 0.446. The number of hydrogen-bond acceptors (Lipinski definition) is 3. The molecule has 0 aliphatic rings. The van der Waals surface area contributed by atoms with Crippen LogP contribution in [0.15, 0.2) is 47.5 Å². The topological polar surface area (TPSA) is 68.9 Å². The zero-order chi connectivity index (χ0) is 16.5. The molecule has 0 saturated heterocycles. The first kappa shape index (κ1) is 17.1. The third kappa shape index (κ3) is 5.79. The number of nitrogens with zero attached hydrogens (tertiary/aromatic N) is 1. The van der Waals surface area contributed by atoms with Crippen molar-refractivity contribution in [2.75, 3.05) is 26.9 Å². The molecule has 2 aromatic rings. The highest BCUT2D eigenvalue weighted by Gasteiger charge is 2.01. The van der Waals surface area contributed by atoms with Crippen LogP contribution in [0, 0.1) is 0 Å². The van der Waals surface area contributed by atoms with Crippen LogP contribution in [0.2, 0.25) is 0 Å². The molecule has 0 fully saturated rings. The van der Waals surface area contributed by atoms with Crippen LogP contribution in [0.1, 0.15) is 13.3 Å². The fourth-order valence-electron chi connectivity index (χ4n) is 2.30. The summed E-state index contributed by atoms with van der Waals surface area (Å²) in [4.78, 5) is 4.28. The van der Waals surface area contributed by atoms with Gasteiger partial charge in [0, 0.05) is 26.1 Å². The molecule has 5 nitrogen and oxygen atoms in total. The minimum absolute atomic E-state index is 0.151. The predicted molar refractivity (Wildman–Crippen MR) is 95.0 cm³/mol. The first-order chi connectivity index (χ1) is 11.2. The third-order valence-corrected chi connectivity index (χ3v) is 3.39. The molecule has 0 aliphatic heterocycles. The Labute approximate surface area is 137 Å². The maximum absolute atomic E-state index is 5.80. The summed E-state index contributed by atoms with van der Waals surface area (Å²) in [6.45, 7) is 3.84. The van der Waals surface area contributed by atoms with Crippen LogP contribution < -0.4 is 15.8 Å². The van der Waals surface area contributed by atoms with Gasteiger partial charge in [0.05, 0.1) is 13.2 Å². The molecular weight excluding hydrogens is 290 g/mol. The van der Waals surface area contributed by atoms with E-state index in [0.29, 0.717) is 25.7 Å². The van der Waals surface area contributed by atoms with Gasteiger partial charge in [-0.15, -0.1) is 0 Å². The van der Waals surface area contributed by atoms with Gasteiger partial charge in [-0.2, -0.15) is 0 Å². The Morgan fingerprint density at radius 2 is 2.00 bits per heavy atom. The van der Waals surface area contributed by atoms with Crippen molar-refractivity contribution in [2.24, 2.45) is 10.7 Å². The van der Waals surface area contributed by atoms with Crippen LogP contribution >= 0.6 is 0 Å². The highest BCUT2D eigenvalue weighted by Crippen LogP contribution is 2.20. The normalized spacial score (nSPS) is 13.0.